The largest absolute Gasteiger partial charge is 0.456 e. The Morgan fingerprint density at radius 3 is 2.54 bits per heavy atom. The van der Waals surface area contributed by atoms with Crippen LogP contribution < -0.4 is 10.2 Å². The first kappa shape index (κ1) is 20.0. The predicted octanol–water partition coefficient (Wildman–Crippen LogP) is 4.75. The van der Waals surface area contributed by atoms with Crippen molar-refractivity contribution in [3.63, 3.8) is 0 Å². The number of alkyl halides is 3. The van der Waals surface area contributed by atoms with Gasteiger partial charge < -0.3 is 9.57 Å². The lowest BCUT2D eigenvalue weighted by Gasteiger charge is -2.12. The Hall–Kier alpha value is -2.36. The second kappa shape index (κ2) is 8.35. The summed E-state index contributed by atoms with van der Waals surface area (Å²) < 4.78 is 43.5. The van der Waals surface area contributed by atoms with E-state index in [0.717, 1.165) is 18.2 Å². The molecular formula is C16H14ClF3N2O4. The summed E-state index contributed by atoms with van der Waals surface area (Å²) in [7, 11) is 1.56. The number of nitrogens with one attached hydrogen (secondary N) is 1. The highest BCUT2D eigenvalue weighted by molar-refractivity contribution is 6.32. The van der Waals surface area contributed by atoms with Crippen LogP contribution in [0.1, 0.15) is 11.1 Å². The van der Waals surface area contributed by atoms with Gasteiger partial charge in [-0.2, -0.15) is 13.2 Å². The molecule has 0 saturated carbocycles. The van der Waals surface area contributed by atoms with Gasteiger partial charge in [0.15, 0.2) is 0 Å². The summed E-state index contributed by atoms with van der Waals surface area (Å²) in [5, 5.41) is 10.9. The SMILES string of the molecule is CNOCCc1cc(Oc2ccc(C(F)(F)F)cc2Cl)ccc1[N+](=O)[O-]. The first-order valence-corrected chi connectivity index (χ1v) is 7.70. The van der Waals surface area contributed by atoms with Crippen LogP contribution in [0.15, 0.2) is 36.4 Å². The van der Waals surface area contributed by atoms with Crippen LogP contribution in [-0.2, 0) is 17.4 Å². The van der Waals surface area contributed by atoms with Gasteiger partial charge in [-0.1, -0.05) is 11.6 Å². The van der Waals surface area contributed by atoms with Crippen molar-refractivity contribution < 1.29 is 27.7 Å². The number of hydrogen-bond acceptors (Lipinski definition) is 5. The molecule has 0 spiro atoms. The maximum atomic E-state index is 12.7. The number of benzene rings is 2. The molecule has 0 fully saturated rings. The van der Waals surface area contributed by atoms with Crippen LogP contribution in [0.4, 0.5) is 18.9 Å². The fraction of sp³-hybridized carbons (Fsp3) is 0.250. The van der Waals surface area contributed by atoms with E-state index in [9.17, 15) is 23.3 Å². The van der Waals surface area contributed by atoms with E-state index in [1.54, 1.807) is 7.05 Å². The Morgan fingerprint density at radius 2 is 1.96 bits per heavy atom. The molecule has 140 valence electrons. The Balaban J connectivity index is 2.26. The normalized spacial score (nSPS) is 11.4. The summed E-state index contributed by atoms with van der Waals surface area (Å²) in [5.41, 5.74) is 1.79. The predicted molar refractivity (Wildman–Crippen MR) is 88.3 cm³/mol. The lowest BCUT2D eigenvalue weighted by Crippen LogP contribution is -2.10. The van der Waals surface area contributed by atoms with Crippen molar-refractivity contribution in [1.29, 1.82) is 0 Å². The third-order valence-corrected chi connectivity index (χ3v) is 3.65. The molecule has 2 rings (SSSR count). The van der Waals surface area contributed by atoms with Crippen LogP contribution in [0.5, 0.6) is 11.5 Å². The van der Waals surface area contributed by atoms with E-state index in [1.165, 1.54) is 18.2 Å². The monoisotopic (exact) mass is 390 g/mol. The molecular weight excluding hydrogens is 377 g/mol. The quantitative estimate of drug-likeness (QED) is 0.419. The highest BCUT2D eigenvalue weighted by Gasteiger charge is 2.31. The number of rotatable bonds is 7. The molecule has 2 aromatic carbocycles. The molecule has 10 heteroatoms. The average molecular weight is 391 g/mol. The molecule has 0 bridgehead atoms. The summed E-state index contributed by atoms with van der Waals surface area (Å²) in [4.78, 5) is 15.5. The van der Waals surface area contributed by atoms with Gasteiger partial charge in [0.25, 0.3) is 5.69 Å². The van der Waals surface area contributed by atoms with E-state index in [4.69, 9.17) is 21.2 Å². The van der Waals surface area contributed by atoms with E-state index in [0.29, 0.717) is 5.56 Å². The van der Waals surface area contributed by atoms with Gasteiger partial charge in [-0.05, 0) is 30.3 Å². The third kappa shape index (κ3) is 5.07. The first-order valence-electron chi connectivity index (χ1n) is 7.33. The van der Waals surface area contributed by atoms with Crippen LogP contribution in [0.2, 0.25) is 5.02 Å². The number of nitro benzene ring substituents is 1. The molecule has 0 saturated heterocycles. The van der Waals surface area contributed by atoms with Crippen LogP contribution in [0, 0.1) is 10.1 Å². The minimum atomic E-state index is -4.52. The van der Waals surface area contributed by atoms with Gasteiger partial charge in [0.1, 0.15) is 11.5 Å². The molecule has 0 amide bonds. The van der Waals surface area contributed by atoms with Crippen molar-refractivity contribution in [2.45, 2.75) is 12.6 Å². The standard InChI is InChI=1S/C16H14ClF3N2O4/c1-21-25-7-6-10-8-12(3-4-14(10)22(23)24)26-15-5-2-11(9-13(15)17)16(18,19)20/h2-5,8-9,21H,6-7H2,1H3. The molecule has 6 nitrogen and oxygen atoms in total. The van der Waals surface area contributed by atoms with Crippen molar-refractivity contribution in [2.24, 2.45) is 0 Å². The number of nitro groups is 1. The smallest absolute Gasteiger partial charge is 0.416 e. The van der Waals surface area contributed by atoms with Gasteiger partial charge >= 0.3 is 6.18 Å². The molecule has 0 heterocycles. The van der Waals surface area contributed by atoms with E-state index in [1.807, 2.05) is 0 Å². The molecule has 0 unspecified atom stereocenters. The Labute approximate surface area is 151 Å². The fourth-order valence-corrected chi connectivity index (χ4v) is 2.37. The van der Waals surface area contributed by atoms with Crippen molar-refractivity contribution in [2.75, 3.05) is 13.7 Å². The van der Waals surface area contributed by atoms with Gasteiger partial charge in [0.2, 0.25) is 0 Å². The summed E-state index contributed by atoms with van der Waals surface area (Å²) in [6.07, 6.45) is -4.29. The lowest BCUT2D eigenvalue weighted by molar-refractivity contribution is -0.385. The molecule has 0 aliphatic rings. The van der Waals surface area contributed by atoms with Crippen LogP contribution in [0.3, 0.4) is 0 Å². The molecule has 0 atom stereocenters. The minimum Gasteiger partial charge on any atom is -0.456 e. The second-order valence-corrected chi connectivity index (χ2v) is 5.50. The number of hydroxylamine groups is 1. The maximum Gasteiger partial charge on any atom is 0.416 e. The first-order chi connectivity index (χ1) is 12.2. The van der Waals surface area contributed by atoms with E-state index >= 15 is 0 Å². The highest BCUT2D eigenvalue weighted by Crippen LogP contribution is 2.37. The molecule has 26 heavy (non-hydrogen) atoms. The van der Waals surface area contributed by atoms with Crippen molar-refractivity contribution >= 4 is 17.3 Å². The summed E-state index contributed by atoms with van der Waals surface area (Å²) >= 11 is 5.85. The molecule has 0 aliphatic carbocycles. The Morgan fingerprint density at radius 1 is 1.23 bits per heavy atom. The second-order valence-electron chi connectivity index (χ2n) is 5.10. The fourth-order valence-electron chi connectivity index (χ4n) is 2.15. The van der Waals surface area contributed by atoms with Crippen molar-refractivity contribution in [3.05, 3.63) is 62.7 Å². The minimum absolute atomic E-state index is 0.00550. The number of hydrogen-bond donors (Lipinski definition) is 1. The number of nitrogens with zero attached hydrogens (tertiary/aromatic N) is 1. The van der Waals surface area contributed by atoms with Crippen molar-refractivity contribution in [1.82, 2.24) is 5.48 Å². The average Bonchev–Trinajstić information content (AvgIpc) is 2.56. The van der Waals surface area contributed by atoms with Crippen LogP contribution >= 0.6 is 11.6 Å². The number of halogens is 4. The number of ether oxygens (including phenoxy) is 1. The molecule has 0 aromatic heterocycles. The highest BCUT2D eigenvalue weighted by atomic mass is 35.5. The van der Waals surface area contributed by atoms with Crippen LogP contribution in [0.25, 0.3) is 0 Å². The lowest BCUT2D eigenvalue weighted by atomic mass is 10.1. The van der Waals surface area contributed by atoms with Crippen LogP contribution in [-0.4, -0.2) is 18.6 Å². The van der Waals surface area contributed by atoms with E-state index < -0.39 is 16.7 Å². The zero-order valence-corrected chi connectivity index (χ0v) is 14.2. The third-order valence-electron chi connectivity index (χ3n) is 3.35. The van der Waals surface area contributed by atoms with Gasteiger partial charge in [0, 0.05) is 25.1 Å². The summed E-state index contributed by atoms with van der Waals surface area (Å²) in [6, 6.07) is 6.70. The van der Waals surface area contributed by atoms with E-state index in [-0.39, 0.29) is 35.2 Å². The zero-order chi connectivity index (χ0) is 19.3. The Bertz CT molecular complexity index is 800. The maximum absolute atomic E-state index is 12.7. The summed E-state index contributed by atoms with van der Waals surface area (Å²) in [6.45, 7) is 0.182. The summed E-state index contributed by atoms with van der Waals surface area (Å²) in [5.74, 6) is 0.211. The van der Waals surface area contributed by atoms with Gasteiger partial charge in [-0.3, -0.25) is 10.1 Å². The van der Waals surface area contributed by atoms with Gasteiger partial charge in [-0.15, -0.1) is 0 Å². The van der Waals surface area contributed by atoms with E-state index in [2.05, 4.69) is 5.48 Å². The van der Waals surface area contributed by atoms with Crippen molar-refractivity contribution in [3.8, 4) is 11.5 Å². The van der Waals surface area contributed by atoms with Gasteiger partial charge in [-0.25, -0.2) is 5.48 Å². The van der Waals surface area contributed by atoms with Gasteiger partial charge in [0.05, 0.1) is 22.1 Å². The zero-order valence-electron chi connectivity index (χ0n) is 13.5. The molecule has 2 aromatic rings. The topological polar surface area (TPSA) is 73.6 Å². The molecule has 0 aliphatic heterocycles. The Kier molecular flexibility index (Phi) is 6.41. The molecule has 1 N–H and O–H groups in total. The molecule has 0 radical (unpaired) electrons.